The number of nitrogens with zero attached hydrogens (tertiary/aromatic N) is 1. The summed E-state index contributed by atoms with van der Waals surface area (Å²) in [5, 5.41) is 11.9. The van der Waals surface area contributed by atoms with Crippen LogP contribution in [0.1, 0.15) is 37.8 Å². The van der Waals surface area contributed by atoms with Crippen molar-refractivity contribution in [1.82, 2.24) is 10.2 Å². The summed E-state index contributed by atoms with van der Waals surface area (Å²) in [5.74, 6) is 0.920. The Morgan fingerprint density at radius 1 is 1.35 bits per heavy atom. The quantitative estimate of drug-likeness (QED) is 0.578. The summed E-state index contributed by atoms with van der Waals surface area (Å²) >= 11 is 0. The number of hydrogen-bond acceptors (Lipinski definition) is 4. The maximum Gasteiger partial charge on any atom is 0.389 e. The molecule has 31 heavy (non-hydrogen) atoms. The highest BCUT2D eigenvalue weighted by Gasteiger charge is 2.34. The topological polar surface area (TPSA) is 61.8 Å². The van der Waals surface area contributed by atoms with Crippen LogP contribution < -0.4 is 10.1 Å². The molecular formula is C23H31F3N2O3. The first-order chi connectivity index (χ1) is 14.6. The summed E-state index contributed by atoms with van der Waals surface area (Å²) in [7, 11) is 0. The van der Waals surface area contributed by atoms with Gasteiger partial charge in [-0.2, -0.15) is 13.2 Å². The van der Waals surface area contributed by atoms with Crippen LogP contribution in [0.5, 0.6) is 5.75 Å². The lowest BCUT2D eigenvalue weighted by Crippen LogP contribution is -2.55. The molecule has 1 saturated heterocycles. The zero-order valence-electron chi connectivity index (χ0n) is 18.0. The van der Waals surface area contributed by atoms with Crippen molar-refractivity contribution >= 4 is 12.0 Å². The molecule has 8 heteroatoms. The van der Waals surface area contributed by atoms with Crippen molar-refractivity contribution in [3.05, 3.63) is 34.9 Å². The summed E-state index contributed by atoms with van der Waals surface area (Å²) in [5.41, 5.74) is 3.57. The number of alkyl halides is 3. The molecule has 1 aromatic rings. The van der Waals surface area contributed by atoms with E-state index in [2.05, 4.69) is 23.2 Å². The number of fused-ring (bicyclic) bond motifs is 1. The average molecular weight is 441 g/mol. The van der Waals surface area contributed by atoms with E-state index in [-0.39, 0.29) is 37.5 Å². The Kier molecular flexibility index (Phi) is 7.64. The van der Waals surface area contributed by atoms with Crippen LogP contribution in [0.4, 0.5) is 13.2 Å². The van der Waals surface area contributed by atoms with Gasteiger partial charge in [0, 0.05) is 32.1 Å². The molecule has 0 unspecified atom stereocenters. The van der Waals surface area contributed by atoms with E-state index in [1.165, 1.54) is 5.57 Å². The number of aliphatic hydroxyl groups excluding tert-OH is 1. The fraction of sp³-hybridized carbons (Fsp3) is 0.609. The fourth-order valence-electron chi connectivity index (χ4n) is 3.99. The third-order valence-electron chi connectivity index (χ3n) is 5.88. The Hall–Kier alpha value is -2.06. The maximum atomic E-state index is 12.2. The number of hydrogen-bond donors (Lipinski definition) is 2. The number of carbonyl (C=O) groups is 1. The van der Waals surface area contributed by atoms with Crippen molar-refractivity contribution < 1.29 is 27.8 Å². The molecular weight excluding hydrogens is 409 g/mol. The number of nitrogens with one attached hydrogen (secondary N) is 1. The lowest BCUT2D eigenvalue weighted by molar-refractivity contribution is -0.136. The van der Waals surface area contributed by atoms with Crippen molar-refractivity contribution in [1.29, 1.82) is 0 Å². The number of aliphatic hydroxyl groups is 1. The van der Waals surface area contributed by atoms with Gasteiger partial charge in [0.05, 0.1) is 19.1 Å². The van der Waals surface area contributed by atoms with E-state index in [9.17, 15) is 18.0 Å². The Morgan fingerprint density at radius 3 is 2.77 bits per heavy atom. The molecule has 0 aromatic heterocycles. The fourth-order valence-corrected chi connectivity index (χ4v) is 3.99. The Labute approximate surface area is 181 Å². The third kappa shape index (κ3) is 6.71. The monoisotopic (exact) mass is 440 g/mol. The number of ether oxygens (including phenoxy) is 1. The number of halogens is 3. The lowest BCUT2D eigenvalue weighted by Gasteiger charge is -2.40. The van der Waals surface area contributed by atoms with Crippen LogP contribution >= 0.6 is 0 Å². The van der Waals surface area contributed by atoms with E-state index in [0.717, 1.165) is 24.1 Å². The second-order valence-corrected chi connectivity index (χ2v) is 8.74. The lowest BCUT2D eigenvalue weighted by atomic mass is 9.83. The van der Waals surface area contributed by atoms with Crippen LogP contribution in [0.2, 0.25) is 0 Å². The number of benzene rings is 1. The third-order valence-corrected chi connectivity index (χ3v) is 5.88. The molecule has 3 rings (SSSR count). The molecule has 0 saturated carbocycles. The molecule has 2 aliphatic rings. The molecule has 2 atom stereocenters. The predicted octanol–water partition coefficient (Wildman–Crippen LogP) is 3.41. The number of amides is 1. The van der Waals surface area contributed by atoms with E-state index in [0.29, 0.717) is 24.8 Å². The Bertz CT molecular complexity index is 804. The van der Waals surface area contributed by atoms with Gasteiger partial charge in [-0.05, 0) is 48.9 Å². The normalized spacial score (nSPS) is 20.5. The van der Waals surface area contributed by atoms with Crippen molar-refractivity contribution in [2.75, 3.05) is 32.8 Å². The van der Waals surface area contributed by atoms with Gasteiger partial charge in [-0.25, -0.2) is 0 Å². The van der Waals surface area contributed by atoms with Crippen molar-refractivity contribution in [3.63, 3.8) is 0 Å². The molecule has 0 radical (unpaired) electrons. The van der Waals surface area contributed by atoms with Crippen LogP contribution in [0.3, 0.4) is 0 Å². The first-order valence-electron chi connectivity index (χ1n) is 10.8. The van der Waals surface area contributed by atoms with Crippen LogP contribution in [-0.4, -0.2) is 61.0 Å². The van der Waals surface area contributed by atoms with Gasteiger partial charge in [-0.1, -0.05) is 24.6 Å². The standard InChI is InChI=1S/C23H31F3N2O3/c1-15-8-18-10-21(31-7-3-6-23(24,25)26)5-4-17(18)9-19(15)11-28-12-20(13-28)22(30)27-16(2)14-29/h4-5,9-10,15-16,20,29H,3,6-8,11-14H2,1-2H3,(H,27,30)/t15-,16+/m0/s1. The first-order valence-corrected chi connectivity index (χ1v) is 10.8. The predicted molar refractivity (Wildman–Crippen MR) is 113 cm³/mol. The molecule has 0 bridgehead atoms. The number of rotatable bonds is 9. The molecule has 1 amide bonds. The van der Waals surface area contributed by atoms with E-state index in [4.69, 9.17) is 9.84 Å². The van der Waals surface area contributed by atoms with Crippen molar-refractivity contribution in [2.45, 2.75) is 45.3 Å². The van der Waals surface area contributed by atoms with Crippen molar-refractivity contribution in [2.24, 2.45) is 11.8 Å². The molecule has 172 valence electrons. The minimum atomic E-state index is -4.14. The summed E-state index contributed by atoms with van der Waals surface area (Å²) in [6.07, 6.45) is -1.99. The summed E-state index contributed by atoms with van der Waals surface area (Å²) in [6.45, 7) is 6.17. The highest BCUT2D eigenvalue weighted by Crippen LogP contribution is 2.32. The van der Waals surface area contributed by atoms with Gasteiger partial charge in [-0.15, -0.1) is 0 Å². The molecule has 1 aliphatic heterocycles. The molecule has 1 heterocycles. The molecule has 5 nitrogen and oxygen atoms in total. The van der Waals surface area contributed by atoms with Gasteiger partial charge in [0.15, 0.2) is 0 Å². The number of carbonyl (C=O) groups excluding carboxylic acids is 1. The zero-order valence-corrected chi connectivity index (χ0v) is 18.0. The SMILES string of the molecule is C[C@H](CO)NC(=O)C1CN(CC2=Cc3ccc(OCCCC(F)(F)F)cc3C[C@@H]2C)C1. The van der Waals surface area contributed by atoms with Gasteiger partial charge in [-0.3, -0.25) is 9.69 Å². The second kappa shape index (κ2) is 10.0. The second-order valence-electron chi connectivity index (χ2n) is 8.74. The minimum Gasteiger partial charge on any atom is -0.494 e. The highest BCUT2D eigenvalue weighted by atomic mass is 19.4. The van der Waals surface area contributed by atoms with E-state index >= 15 is 0 Å². The maximum absolute atomic E-state index is 12.2. The van der Waals surface area contributed by atoms with Gasteiger partial charge in [0.2, 0.25) is 5.91 Å². The van der Waals surface area contributed by atoms with Crippen LogP contribution in [0.25, 0.3) is 6.08 Å². The molecule has 2 N–H and O–H groups in total. The van der Waals surface area contributed by atoms with Crippen LogP contribution in [-0.2, 0) is 11.2 Å². The smallest absolute Gasteiger partial charge is 0.389 e. The molecule has 1 aliphatic carbocycles. The number of likely N-dealkylation sites (tertiary alicyclic amines) is 1. The van der Waals surface area contributed by atoms with E-state index < -0.39 is 12.6 Å². The average Bonchev–Trinajstić information content (AvgIpc) is 2.66. The van der Waals surface area contributed by atoms with E-state index in [1.807, 2.05) is 18.2 Å². The van der Waals surface area contributed by atoms with Crippen molar-refractivity contribution in [3.8, 4) is 5.75 Å². The summed E-state index contributed by atoms with van der Waals surface area (Å²) < 4.78 is 42.2. The first kappa shape index (κ1) is 23.6. The van der Waals surface area contributed by atoms with Crippen LogP contribution in [0, 0.1) is 11.8 Å². The summed E-state index contributed by atoms with van der Waals surface area (Å²) in [6, 6.07) is 5.47. The van der Waals surface area contributed by atoms with E-state index in [1.54, 1.807) is 6.92 Å². The largest absolute Gasteiger partial charge is 0.494 e. The van der Waals surface area contributed by atoms with Gasteiger partial charge in [0.1, 0.15) is 5.75 Å². The Balaban J connectivity index is 1.50. The van der Waals surface area contributed by atoms with Gasteiger partial charge in [0.25, 0.3) is 0 Å². The zero-order chi connectivity index (χ0) is 22.6. The summed E-state index contributed by atoms with van der Waals surface area (Å²) in [4.78, 5) is 14.4. The van der Waals surface area contributed by atoms with Gasteiger partial charge < -0.3 is 15.2 Å². The highest BCUT2D eigenvalue weighted by molar-refractivity contribution is 5.80. The molecule has 1 aromatic carbocycles. The molecule has 1 fully saturated rings. The Morgan fingerprint density at radius 2 is 2.10 bits per heavy atom. The molecule has 0 spiro atoms. The minimum absolute atomic E-state index is 0.00317. The van der Waals surface area contributed by atoms with Crippen LogP contribution in [0.15, 0.2) is 23.8 Å². The van der Waals surface area contributed by atoms with Gasteiger partial charge >= 0.3 is 6.18 Å².